The minimum Gasteiger partial charge on any atom is -0.480 e. The van der Waals surface area contributed by atoms with E-state index in [1.54, 1.807) is 0 Å². The molecule has 1 amide bonds. The summed E-state index contributed by atoms with van der Waals surface area (Å²) in [5.74, 6) is -2.41. The third-order valence-corrected chi connectivity index (χ3v) is 6.85. The van der Waals surface area contributed by atoms with Crippen molar-refractivity contribution in [2.24, 2.45) is 0 Å². The van der Waals surface area contributed by atoms with Crippen LogP contribution in [0.4, 0.5) is 0 Å². The van der Waals surface area contributed by atoms with Crippen molar-refractivity contribution in [3.8, 4) is 0 Å². The van der Waals surface area contributed by atoms with Gasteiger partial charge in [0.05, 0.1) is 13.2 Å². The molecule has 0 aromatic heterocycles. The number of carboxylic acids is 1. The molecule has 0 saturated carbocycles. The summed E-state index contributed by atoms with van der Waals surface area (Å²) < 4.78 is 26.1. The Morgan fingerprint density at radius 1 is 0.737 bits per heavy atom. The van der Waals surface area contributed by atoms with Crippen LogP contribution < -0.4 is 5.32 Å². The number of aliphatic hydroxyl groups excluding tert-OH is 1. The number of unbranched alkanes of at least 4 members (excludes halogenated alkanes) is 12. The first-order valence-electron chi connectivity index (χ1n) is 14.1. The highest BCUT2D eigenvalue weighted by Crippen LogP contribution is 2.43. The Bertz CT molecular complexity index is 691. The minimum absolute atomic E-state index is 0.150. The molecule has 0 aliphatic heterocycles. The number of aliphatic carboxylic acids is 1. The van der Waals surface area contributed by atoms with Crippen LogP contribution in [0, 0.1) is 0 Å². The van der Waals surface area contributed by atoms with Crippen molar-refractivity contribution in [3.63, 3.8) is 0 Å². The number of nitrogens with one attached hydrogen (secondary N) is 1. The topological polar surface area (TPSA) is 169 Å². The quantitative estimate of drug-likeness (QED) is 0.0642. The van der Waals surface area contributed by atoms with E-state index in [4.69, 9.17) is 4.74 Å². The fourth-order valence-corrected chi connectivity index (χ4v) is 4.36. The molecule has 0 radical (unpaired) electrons. The third-order valence-electron chi connectivity index (χ3n) is 5.90. The molecule has 12 heteroatoms. The van der Waals surface area contributed by atoms with Gasteiger partial charge in [0.1, 0.15) is 12.7 Å². The maximum absolute atomic E-state index is 12.1. The fourth-order valence-electron chi connectivity index (χ4n) is 3.58. The van der Waals surface area contributed by atoms with Gasteiger partial charge in [-0.25, -0.2) is 9.36 Å². The predicted molar refractivity (Wildman–Crippen MR) is 143 cm³/mol. The molecule has 0 saturated heterocycles. The second-order valence-corrected chi connectivity index (χ2v) is 11.1. The van der Waals surface area contributed by atoms with Crippen molar-refractivity contribution in [1.82, 2.24) is 5.32 Å². The van der Waals surface area contributed by atoms with E-state index in [1.807, 2.05) is 6.92 Å². The van der Waals surface area contributed by atoms with Crippen LogP contribution in [0.5, 0.6) is 0 Å². The largest absolute Gasteiger partial charge is 0.480 e. The number of rotatable bonds is 26. The summed E-state index contributed by atoms with van der Waals surface area (Å²) in [6.45, 7) is 2.24. The molecule has 0 aliphatic carbocycles. The molecule has 224 valence electrons. The molecule has 0 aliphatic rings. The monoisotopic (exact) mass is 567 g/mol. The number of amides is 1. The number of phosphoric ester groups is 1. The van der Waals surface area contributed by atoms with Gasteiger partial charge in [0.15, 0.2) is 6.04 Å². The lowest BCUT2D eigenvalue weighted by Gasteiger charge is -2.18. The zero-order chi connectivity index (χ0) is 28.7. The molecule has 38 heavy (non-hydrogen) atoms. The number of carbonyl (C=O) groups is 3. The lowest BCUT2D eigenvalue weighted by molar-refractivity contribution is -0.147. The molecular weight excluding hydrogens is 517 g/mol. The van der Waals surface area contributed by atoms with Gasteiger partial charge in [0, 0.05) is 12.8 Å². The summed E-state index contributed by atoms with van der Waals surface area (Å²) in [5.41, 5.74) is 0. The van der Waals surface area contributed by atoms with Crippen LogP contribution >= 0.6 is 7.82 Å². The van der Waals surface area contributed by atoms with E-state index in [1.165, 1.54) is 51.4 Å². The Balaban J connectivity index is 4.06. The van der Waals surface area contributed by atoms with Crippen molar-refractivity contribution < 1.29 is 47.8 Å². The van der Waals surface area contributed by atoms with Gasteiger partial charge in [0.25, 0.3) is 0 Å². The summed E-state index contributed by atoms with van der Waals surface area (Å²) in [6, 6.07) is -1.53. The highest BCUT2D eigenvalue weighted by molar-refractivity contribution is 7.47. The van der Waals surface area contributed by atoms with Gasteiger partial charge in [-0.2, -0.15) is 0 Å². The Morgan fingerprint density at radius 2 is 1.24 bits per heavy atom. The average Bonchev–Trinajstić information content (AvgIpc) is 2.87. The molecular formula is C26H50NO10P. The van der Waals surface area contributed by atoms with Gasteiger partial charge >= 0.3 is 19.8 Å². The number of esters is 1. The van der Waals surface area contributed by atoms with E-state index in [2.05, 4.69) is 21.3 Å². The standard InChI is InChI=1S/C26H50NO10P/c1-3-5-7-8-9-10-11-12-13-14-15-16-17-24(29)27-23(26(31)32)21-37-38(33,34)36-20-22(28)19-35-25(30)18-6-4-2/h22-23,28H,3-21H2,1-2H3,(H,27,29)(H,31,32)(H,33,34). The van der Waals surface area contributed by atoms with Crippen LogP contribution in [0.2, 0.25) is 0 Å². The van der Waals surface area contributed by atoms with Crippen LogP contribution in [0.1, 0.15) is 117 Å². The predicted octanol–water partition coefficient (Wildman–Crippen LogP) is 4.87. The zero-order valence-corrected chi connectivity index (χ0v) is 24.1. The van der Waals surface area contributed by atoms with Gasteiger partial charge in [-0.05, 0) is 12.8 Å². The summed E-state index contributed by atoms with van der Waals surface area (Å²) >= 11 is 0. The first-order valence-corrected chi connectivity index (χ1v) is 15.6. The molecule has 0 aromatic carbocycles. The van der Waals surface area contributed by atoms with Crippen molar-refractivity contribution in [2.45, 2.75) is 129 Å². The fraction of sp³-hybridized carbons (Fsp3) is 0.885. The Kier molecular flexibility index (Phi) is 22.4. The summed E-state index contributed by atoms with van der Waals surface area (Å²) in [5, 5.41) is 21.3. The number of ether oxygens (including phenoxy) is 1. The van der Waals surface area contributed by atoms with Crippen molar-refractivity contribution in [1.29, 1.82) is 0 Å². The number of phosphoric acid groups is 1. The number of aliphatic hydroxyl groups is 1. The van der Waals surface area contributed by atoms with Gasteiger partial charge in [-0.1, -0.05) is 90.9 Å². The second kappa shape index (κ2) is 23.4. The molecule has 0 bridgehead atoms. The minimum atomic E-state index is -4.71. The van der Waals surface area contributed by atoms with E-state index >= 15 is 0 Å². The van der Waals surface area contributed by atoms with Gasteiger partial charge < -0.3 is 25.2 Å². The van der Waals surface area contributed by atoms with Crippen LogP contribution in [-0.4, -0.2) is 64.9 Å². The van der Waals surface area contributed by atoms with Crippen molar-refractivity contribution in [3.05, 3.63) is 0 Å². The Morgan fingerprint density at radius 3 is 1.76 bits per heavy atom. The van der Waals surface area contributed by atoms with Crippen LogP contribution in [0.3, 0.4) is 0 Å². The number of hydrogen-bond donors (Lipinski definition) is 4. The number of carboxylic acid groups (broad SMARTS) is 1. The molecule has 0 rings (SSSR count). The normalized spacial score (nSPS) is 14.4. The highest BCUT2D eigenvalue weighted by Gasteiger charge is 2.28. The van der Waals surface area contributed by atoms with Gasteiger partial charge in [-0.15, -0.1) is 0 Å². The zero-order valence-electron chi connectivity index (χ0n) is 23.2. The van der Waals surface area contributed by atoms with E-state index < -0.39 is 57.6 Å². The molecule has 11 nitrogen and oxygen atoms in total. The highest BCUT2D eigenvalue weighted by atomic mass is 31.2. The molecule has 4 N–H and O–H groups in total. The van der Waals surface area contributed by atoms with Crippen molar-refractivity contribution >= 4 is 25.7 Å². The SMILES string of the molecule is CCCCCCCCCCCCCCC(=O)NC(COP(=O)(O)OCC(O)COC(=O)CCCC)C(=O)O. The van der Waals surface area contributed by atoms with Crippen LogP contribution in [-0.2, 0) is 32.7 Å². The third kappa shape index (κ3) is 22.5. The molecule has 0 spiro atoms. The Hall–Kier alpha value is -1.52. The number of carbonyl (C=O) groups excluding carboxylic acids is 2. The van der Waals surface area contributed by atoms with E-state index in [9.17, 15) is 34.1 Å². The first-order chi connectivity index (χ1) is 18.1. The first kappa shape index (κ1) is 36.5. The van der Waals surface area contributed by atoms with Crippen LogP contribution in [0.25, 0.3) is 0 Å². The van der Waals surface area contributed by atoms with Crippen molar-refractivity contribution in [2.75, 3.05) is 19.8 Å². The molecule has 0 aromatic rings. The van der Waals surface area contributed by atoms with E-state index in [0.29, 0.717) is 12.8 Å². The second-order valence-electron chi connectivity index (χ2n) is 9.60. The molecule has 3 atom stereocenters. The van der Waals surface area contributed by atoms with E-state index in [0.717, 1.165) is 25.7 Å². The summed E-state index contributed by atoms with van der Waals surface area (Å²) in [6.07, 6.45) is 14.3. The average molecular weight is 568 g/mol. The summed E-state index contributed by atoms with van der Waals surface area (Å²) in [4.78, 5) is 44.7. The number of hydrogen-bond acceptors (Lipinski definition) is 8. The van der Waals surface area contributed by atoms with Crippen LogP contribution in [0.15, 0.2) is 0 Å². The Labute approximate surface area is 227 Å². The van der Waals surface area contributed by atoms with E-state index in [-0.39, 0.29) is 12.8 Å². The van der Waals surface area contributed by atoms with Gasteiger partial charge in [-0.3, -0.25) is 18.6 Å². The smallest absolute Gasteiger partial charge is 0.472 e. The van der Waals surface area contributed by atoms with Gasteiger partial charge in [0.2, 0.25) is 5.91 Å². The lowest BCUT2D eigenvalue weighted by atomic mass is 10.0. The molecule has 0 fully saturated rings. The molecule has 3 unspecified atom stereocenters. The lowest BCUT2D eigenvalue weighted by Crippen LogP contribution is -2.43. The maximum Gasteiger partial charge on any atom is 0.472 e. The summed E-state index contributed by atoms with van der Waals surface area (Å²) in [7, 11) is -4.71. The maximum atomic E-state index is 12.1. The molecule has 0 heterocycles.